The van der Waals surface area contributed by atoms with Crippen LogP contribution in [0.3, 0.4) is 0 Å². The SMILES string of the molecule is C=CCOCN1C(=O)N(COCC=C)C(C)(C)C1=O. The molecule has 0 bridgehead atoms. The topological polar surface area (TPSA) is 59.1 Å². The van der Waals surface area contributed by atoms with Gasteiger partial charge in [0.25, 0.3) is 5.91 Å². The van der Waals surface area contributed by atoms with Gasteiger partial charge in [-0.05, 0) is 13.8 Å². The smallest absolute Gasteiger partial charge is 0.331 e. The van der Waals surface area contributed by atoms with Crippen LogP contribution in [0.2, 0.25) is 0 Å². The van der Waals surface area contributed by atoms with Gasteiger partial charge in [0.05, 0.1) is 13.2 Å². The average molecular weight is 268 g/mol. The minimum absolute atomic E-state index is 0.0432. The molecule has 0 unspecified atom stereocenters. The molecule has 0 atom stereocenters. The lowest BCUT2D eigenvalue weighted by atomic mass is 10.1. The third-order valence-corrected chi connectivity index (χ3v) is 2.82. The Labute approximate surface area is 113 Å². The molecule has 0 saturated carbocycles. The molecular formula is C13H20N2O4. The number of urea groups is 1. The molecule has 1 saturated heterocycles. The maximum Gasteiger partial charge on any atom is 0.331 e. The first-order chi connectivity index (χ1) is 8.96. The number of hydrogen-bond acceptors (Lipinski definition) is 4. The van der Waals surface area contributed by atoms with E-state index in [1.54, 1.807) is 26.0 Å². The lowest BCUT2D eigenvalue weighted by Gasteiger charge is -2.27. The van der Waals surface area contributed by atoms with Crippen molar-refractivity contribution in [3.8, 4) is 0 Å². The van der Waals surface area contributed by atoms with E-state index in [1.807, 2.05) is 0 Å². The van der Waals surface area contributed by atoms with E-state index >= 15 is 0 Å². The summed E-state index contributed by atoms with van der Waals surface area (Å²) in [4.78, 5) is 26.7. The minimum Gasteiger partial charge on any atom is -0.357 e. The Bertz CT molecular complexity index is 379. The molecule has 0 radical (unpaired) electrons. The molecular weight excluding hydrogens is 248 g/mol. The van der Waals surface area contributed by atoms with Gasteiger partial charge in [-0.1, -0.05) is 12.2 Å². The van der Waals surface area contributed by atoms with Gasteiger partial charge in [0.15, 0.2) is 0 Å². The third kappa shape index (κ3) is 3.21. The number of carbonyl (C=O) groups excluding carboxylic acids is 2. The summed E-state index contributed by atoms with van der Waals surface area (Å²) in [6, 6.07) is -0.414. The van der Waals surface area contributed by atoms with Crippen molar-refractivity contribution in [3.63, 3.8) is 0 Å². The lowest BCUT2D eigenvalue weighted by Crippen LogP contribution is -2.45. The summed E-state index contributed by atoms with van der Waals surface area (Å²) < 4.78 is 10.4. The molecule has 0 aromatic heterocycles. The van der Waals surface area contributed by atoms with Crippen molar-refractivity contribution in [3.05, 3.63) is 25.3 Å². The van der Waals surface area contributed by atoms with Crippen LogP contribution in [-0.4, -0.2) is 54.0 Å². The van der Waals surface area contributed by atoms with Crippen LogP contribution in [0.1, 0.15) is 13.8 Å². The molecule has 3 amide bonds. The van der Waals surface area contributed by atoms with Gasteiger partial charge in [-0.3, -0.25) is 9.69 Å². The van der Waals surface area contributed by atoms with Gasteiger partial charge in [0.2, 0.25) is 0 Å². The van der Waals surface area contributed by atoms with Crippen molar-refractivity contribution < 1.29 is 19.1 Å². The quantitative estimate of drug-likeness (QED) is 0.379. The Hall–Kier alpha value is -1.66. The predicted molar refractivity (Wildman–Crippen MR) is 70.2 cm³/mol. The van der Waals surface area contributed by atoms with E-state index in [9.17, 15) is 9.59 Å². The molecule has 1 aliphatic heterocycles. The van der Waals surface area contributed by atoms with Crippen molar-refractivity contribution in [2.75, 3.05) is 26.7 Å². The minimum atomic E-state index is -0.935. The normalized spacial score (nSPS) is 18.0. The Balaban J connectivity index is 2.71. The fourth-order valence-electron chi connectivity index (χ4n) is 1.70. The molecule has 1 fully saturated rings. The Kier molecular flexibility index (Phi) is 5.26. The van der Waals surface area contributed by atoms with Crippen molar-refractivity contribution in [1.29, 1.82) is 0 Å². The van der Waals surface area contributed by atoms with Gasteiger partial charge in [0, 0.05) is 0 Å². The van der Waals surface area contributed by atoms with Gasteiger partial charge in [0.1, 0.15) is 19.0 Å². The van der Waals surface area contributed by atoms with Crippen LogP contribution in [0.4, 0.5) is 4.79 Å². The molecule has 1 aliphatic rings. The Morgan fingerprint density at radius 1 is 1.11 bits per heavy atom. The maximum atomic E-state index is 12.2. The van der Waals surface area contributed by atoms with Gasteiger partial charge in [-0.15, -0.1) is 13.2 Å². The van der Waals surface area contributed by atoms with E-state index in [-0.39, 0.29) is 26.0 Å². The Morgan fingerprint density at radius 2 is 1.63 bits per heavy atom. The zero-order valence-electron chi connectivity index (χ0n) is 11.4. The maximum absolute atomic E-state index is 12.2. The van der Waals surface area contributed by atoms with Crippen LogP contribution in [-0.2, 0) is 14.3 Å². The van der Waals surface area contributed by atoms with E-state index in [0.717, 1.165) is 4.90 Å². The molecule has 6 nitrogen and oxygen atoms in total. The summed E-state index contributed by atoms with van der Waals surface area (Å²) >= 11 is 0. The van der Waals surface area contributed by atoms with E-state index < -0.39 is 11.6 Å². The van der Waals surface area contributed by atoms with Crippen LogP contribution >= 0.6 is 0 Å². The second-order valence-electron chi connectivity index (χ2n) is 4.58. The largest absolute Gasteiger partial charge is 0.357 e. The standard InChI is InChI=1S/C13H20N2O4/c1-5-7-18-9-14-11(16)13(3,4)15(12(14)17)10-19-8-6-2/h5-6H,1-2,7-10H2,3-4H3. The fourth-order valence-corrected chi connectivity index (χ4v) is 1.70. The second-order valence-corrected chi connectivity index (χ2v) is 4.58. The molecule has 6 heteroatoms. The van der Waals surface area contributed by atoms with Crippen LogP contribution in [0.5, 0.6) is 0 Å². The monoisotopic (exact) mass is 268 g/mol. The summed E-state index contributed by atoms with van der Waals surface area (Å²) in [7, 11) is 0. The van der Waals surface area contributed by atoms with E-state index in [0.29, 0.717) is 6.61 Å². The summed E-state index contributed by atoms with van der Waals surface area (Å²) in [6.07, 6.45) is 3.14. The van der Waals surface area contributed by atoms with Gasteiger partial charge in [-0.25, -0.2) is 9.69 Å². The summed E-state index contributed by atoms with van der Waals surface area (Å²) in [5.74, 6) is -0.302. The number of amides is 3. The van der Waals surface area contributed by atoms with E-state index in [2.05, 4.69) is 13.2 Å². The first-order valence-electron chi connectivity index (χ1n) is 5.97. The average Bonchev–Trinajstić information content (AvgIpc) is 2.52. The molecule has 0 spiro atoms. The lowest BCUT2D eigenvalue weighted by molar-refractivity contribution is -0.136. The molecule has 0 aromatic carbocycles. The number of hydrogen-bond donors (Lipinski definition) is 0. The number of rotatable bonds is 8. The summed E-state index contributed by atoms with van der Waals surface area (Å²) in [5.41, 5.74) is -0.935. The third-order valence-electron chi connectivity index (χ3n) is 2.82. The molecule has 0 aromatic rings. The highest BCUT2D eigenvalue weighted by Gasteiger charge is 2.51. The predicted octanol–water partition coefficient (Wildman–Crippen LogP) is 1.35. The van der Waals surface area contributed by atoms with Crippen LogP contribution in [0.25, 0.3) is 0 Å². The van der Waals surface area contributed by atoms with Crippen LogP contribution in [0.15, 0.2) is 25.3 Å². The first-order valence-corrected chi connectivity index (χ1v) is 5.97. The van der Waals surface area contributed by atoms with Gasteiger partial charge >= 0.3 is 6.03 Å². The number of ether oxygens (including phenoxy) is 2. The molecule has 0 aliphatic carbocycles. The van der Waals surface area contributed by atoms with Gasteiger partial charge < -0.3 is 9.47 Å². The van der Waals surface area contributed by atoms with E-state index in [4.69, 9.17) is 9.47 Å². The highest BCUT2D eigenvalue weighted by Crippen LogP contribution is 2.27. The number of imide groups is 1. The first kappa shape index (κ1) is 15.4. The number of carbonyl (C=O) groups is 2. The highest BCUT2D eigenvalue weighted by molar-refractivity contribution is 6.06. The van der Waals surface area contributed by atoms with Crippen LogP contribution < -0.4 is 0 Å². The highest BCUT2D eigenvalue weighted by atomic mass is 16.5. The summed E-state index contributed by atoms with van der Waals surface area (Å²) in [5, 5.41) is 0. The van der Waals surface area contributed by atoms with Crippen molar-refractivity contribution in [2.24, 2.45) is 0 Å². The molecule has 19 heavy (non-hydrogen) atoms. The molecule has 0 N–H and O–H groups in total. The van der Waals surface area contributed by atoms with Gasteiger partial charge in [-0.2, -0.15) is 0 Å². The van der Waals surface area contributed by atoms with Crippen molar-refractivity contribution >= 4 is 11.9 Å². The Morgan fingerprint density at radius 3 is 2.16 bits per heavy atom. The van der Waals surface area contributed by atoms with Crippen LogP contribution in [0, 0.1) is 0 Å². The number of nitrogens with zero attached hydrogens (tertiary/aromatic N) is 2. The zero-order valence-corrected chi connectivity index (χ0v) is 11.4. The second kappa shape index (κ2) is 6.49. The molecule has 1 heterocycles. The van der Waals surface area contributed by atoms with Crippen molar-refractivity contribution in [2.45, 2.75) is 19.4 Å². The molecule has 1 rings (SSSR count). The van der Waals surface area contributed by atoms with E-state index in [1.165, 1.54) is 4.90 Å². The zero-order chi connectivity index (χ0) is 14.5. The van der Waals surface area contributed by atoms with Crippen molar-refractivity contribution in [1.82, 2.24) is 9.80 Å². The molecule has 106 valence electrons. The fraction of sp³-hybridized carbons (Fsp3) is 0.538. The summed E-state index contributed by atoms with van der Waals surface area (Å²) in [6.45, 7) is 11.0.